The van der Waals surface area contributed by atoms with Crippen LogP contribution in [0.3, 0.4) is 0 Å². The lowest BCUT2D eigenvalue weighted by Gasteiger charge is -2.16. The van der Waals surface area contributed by atoms with E-state index in [-0.39, 0.29) is 0 Å². The third kappa shape index (κ3) is 6.38. The van der Waals surface area contributed by atoms with Gasteiger partial charge in [0.1, 0.15) is 0 Å². The van der Waals surface area contributed by atoms with Crippen molar-refractivity contribution in [1.82, 2.24) is 0 Å². The first-order valence-corrected chi connectivity index (χ1v) is 3.10. The van der Waals surface area contributed by atoms with E-state index in [0.717, 1.165) is 6.92 Å². The highest BCUT2D eigenvalue weighted by Gasteiger charge is 2.13. The molecule has 0 saturated heterocycles. The standard InChI is InChI=1S/C2H6O4S2/c1-2(3,7)6-8(4)5/h3,7H,1H3,(H,4,5)/p-1. The van der Waals surface area contributed by atoms with Crippen molar-refractivity contribution >= 4 is 24.0 Å². The molecular weight excluding hydrogens is 152 g/mol. The summed E-state index contributed by atoms with van der Waals surface area (Å²) < 4.78 is 22.9. The van der Waals surface area contributed by atoms with Crippen molar-refractivity contribution in [3.8, 4) is 0 Å². The van der Waals surface area contributed by atoms with E-state index in [1.54, 1.807) is 0 Å². The van der Waals surface area contributed by atoms with Gasteiger partial charge < -0.3 is 9.66 Å². The third-order valence-electron chi connectivity index (χ3n) is 0.226. The summed E-state index contributed by atoms with van der Waals surface area (Å²) in [5.41, 5.74) is 0. The number of hydrogen-bond acceptors (Lipinski definition) is 5. The molecule has 0 saturated carbocycles. The van der Waals surface area contributed by atoms with E-state index in [0.29, 0.717) is 0 Å². The Bertz CT molecular complexity index is 94.7. The number of rotatable bonds is 2. The fraction of sp³-hybridized carbons (Fsp3) is 1.00. The molecule has 2 atom stereocenters. The monoisotopic (exact) mass is 157 g/mol. The average Bonchev–Trinajstić information content (AvgIpc) is 1.21. The van der Waals surface area contributed by atoms with Crippen molar-refractivity contribution in [2.24, 2.45) is 0 Å². The first-order valence-electron chi connectivity index (χ1n) is 1.65. The summed E-state index contributed by atoms with van der Waals surface area (Å²) in [4.78, 5) is 0. The Balaban J connectivity index is 3.55. The largest absolute Gasteiger partial charge is 0.750 e. The van der Waals surface area contributed by atoms with E-state index in [4.69, 9.17) is 5.11 Å². The van der Waals surface area contributed by atoms with E-state index < -0.39 is 16.5 Å². The summed E-state index contributed by atoms with van der Waals surface area (Å²) in [7, 11) is 0. The van der Waals surface area contributed by atoms with Crippen LogP contribution < -0.4 is 0 Å². The molecule has 0 fully saturated rings. The Morgan fingerprint density at radius 3 is 2.38 bits per heavy atom. The molecule has 0 rings (SSSR count). The summed E-state index contributed by atoms with van der Waals surface area (Å²) >= 11 is 0.623. The average molecular weight is 157 g/mol. The third-order valence-corrected chi connectivity index (χ3v) is 0.901. The summed E-state index contributed by atoms with van der Waals surface area (Å²) in [6, 6.07) is 0. The van der Waals surface area contributed by atoms with Gasteiger partial charge in [-0.05, 0) is 0 Å². The van der Waals surface area contributed by atoms with Crippen LogP contribution in [0.2, 0.25) is 0 Å². The van der Waals surface area contributed by atoms with Crippen molar-refractivity contribution in [2.75, 3.05) is 0 Å². The number of hydrogen-bond donors (Lipinski definition) is 2. The molecule has 0 bridgehead atoms. The molecule has 0 aromatic rings. The Kier molecular flexibility index (Phi) is 2.92. The maximum atomic E-state index is 9.58. The zero-order valence-electron chi connectivity index (χ0n) is 4.03. The van der Waals surface area contributed by atoms with Crippen LogP contribution in [0.5, 0.6) is 0 Å². The predicted octanol–water partition coefficient (Wildman–Crippen LogP) is -0.607. The van der Waals surface area contributed by atoms with Gasteiger partial charge in [0.15, 0.2) is 0 Å². The molecule has 0 amide bonds. The van der Waals surface area contributed by atoms with Crippen LogP contribution in [0.4, 0.5) is 0 Å². The fourth-order valence-corrected chi connectivity index (χ4v) is 0.569. The van der Waals surface area contributed by atoms with E-state index in [1.165, 1.54) is 0 Å². The molecule has 0 heterocycles. The maximum absolute atomic E-state index is 9.58. The van der Waals surface area contributed by atoms with Gasteiger partial charge in [-0.15, -0.1) is 12.6 Å². The van der Waals surface area contributed by atoms with E-state index in [9.17, 15) is 8.76 Å². The SMILES string of the molecule is CC(O)(S)OS(=O)[O-]. The molecular formula is C2H5O4S2-. The van der Waals surface area contributed by atoms with Crippen molar-refractivity contribution < 1.29 is 18.1 Å². The van der Waals surface area contributed by atoms with Gasteiger partial charge in [-0.1, -0.05) is 0 Å². The van der Waals surface area contributed by atoms with Crippen LogP contribution in [0.1, 0.15) is 6.92 Å². The first-order chi connectivity index (χ1) is 3.42. The Morgan fingerprint density at radius 2 is 2.38 bits per heavy atom. The van der Waals surface area contributed by atoms with Crippen molar-refractivity contribution in [3.05, 3.63) is 0 Å². The molecule has 8 heavy (non-hydrogen) atoms. The second-order valence-electron chi connectivity index (χ2n) is 1.22. The molecule has 4 nitrogen and oxygen atoms in total. The minimum atomic E-state index is -2.71. The number of aliphatic hydroxyl groups is 1. The lowest BCUT2D eigenvalue weighted by Crippen LogP contribution is -2.20. The van der Waals surface area contributed by atoms with E-state index in [1.807, 2.05) is 0 Å². The van der Waals surface area contributed by atoms with Gasteiger partial charge in [0.25, 0.3) is 0 Å². The lowest BCUT2D eigenvalue weighted by atomic mass is 10.8. The zero-order valence-corrected chi connectivity index (χ0v) is 5.74. The number of thiol groups is 1. The van der Waals surface area contributed by atoms with Crippen molar-refractivity contribution in [3.63, 3.8) is 0 Å². The minimum Gasteiger partial charge on any atom is -0.750 e. The van der Waals surface area contributed by atoms with Gasteiger partial charge in [-0.2, -0.15) is 0 Å². The summed E-state index contributed by atoms with van der Waals surface area (Å²) in [6.07, 6.45) is 0. The van der Waals surface area contributed by atoms with Gasteiger partial charge in [0, 0.05) is 6.92 Å². The van der Waals surface area contributed by atoms with Crippen LogP contribution >= 0.6 is 12.6 Å². The van der Waals surface area contributed by atoms with Crippen molar-refractivity contribution in [2.45, 2.75) is 12.0 Å². The minimum absolute atomic E-state index is 1.09. The van der Waals surface area contributed by atoms with Crippen LogP contribution in [-0.2, 0) is 15.5 Å². The normalized spacial score (nSPS) is 22.0. The van der Waals surface area contributed by atoms with E-state index in [2.05, 4.69) is 16.8 Å². The van der Waals surface area contributed by atoms with Crippen LogP contribution in [0.25, 0.3) is 0 Å². The summed E-state index contributed by atoms with van der Waals surface area (Å²) in [6.45, 7) is 1.09. The molecule has 50 valence electrons. The Hall–Kier alpha value is 0.380. The van der Waals surface area contributed by atoms with Crippen LogP contribution in [0.15, 0.2) is 0 Å². The maximum Gasteiger partial charge on any atom is 0.223 e. The topological polar surface area (TPSA) is 69.6 Å². The van der Waals surface area contributed by atoms with Crippen molar-refractivity contribution in [1.29, 1.82) is 0 Å². The highest BCUT2D eigenvalue weighted by molar-refractivity contribution is 7.82. The molecule has 2 unspecified atom stereocenters. The second kappa shape index (κ2) is 2.79. The summed E-state index contributed by atoms with van der Waals surface area (Å²) in [5.74, 6) is 0. The Labute approximate surface area is 54.8 Å². The molecule has 0 spiro atoms. The van der Waals surface area contributed by atoms with Gasteiger partial charge in [-0.25, -0.2) is 4.21 Å². The molecule has 1 N–H and O–H groups in total. The van der Waals surface area contributed by atoms with Gasteiger partial charge >= 0.3 is 0 Å². The zero-order chi connectivity index (χ0) is 6.78. The van der Waals surface area contributed by atoms with Crippen LogP contribution in [-0.4, -0.2) is 19.0 Å². The highest BCUT2D eigenvalue weighted by atomic mass is 32.2. The smallest absolute Gasteiger partial charge is 0.223 e. The molecule has 0 radical (unpaired) electrons. The van der Waals surface area contributed by atoms with Gasteiger partial charge in [0.2, 0.25) is 5.12 Å². The molecule has 0 aliphatic rings. The molecule has 6 heteroatoms. The lowest BCUT2D eigenvalue weighted by molar-refractivity contribution is -0.0301. The predicted molar refractivity (Wildman–Crippen MR) is 29.6 cm³/mol. The highest BCUT2D eigenvalue weighted by Crippen LogP contribution is 2.10. The Morgan fingerprint density at radius 1 is 2.00 bits per heavy atom. The second-order valence-corrected chi connectivity index (χ2v) is 2.63. The molecule has 0 aromatic carbocycles. The van der Waals surface area contributed by atoms with E-state index >= 15 is 0 Å². The molecule has 0 aromatic heterocycles. The molecule has 0 aliphatic heterocycles. The summed E-state index contributed by atoms with van der Waals surface area (Å²) in [5, 5.41) is 6.54. The van der Waals surface area contributed by atoms with Gasteiger partial charge in [0.05, 0.1) is 11.4 Å². The quantitative estimate of drug-likeness (QED) is 0.319. The first kappa shape index (κ1) is 8.38. The fourth-order valence-electron chi connectivity index (χ4n) is 0.129. The van der Waals surface area contributed by atoms with Crippen LogP contribution in [0, 0.1) is 0 Å². The van der Waals surface area contributed by atoms with Gasteiger partial charge in [-0.3, -0.25) is 4.18 Å². The molecule has 0 aliphatic carbocycles.